The summed E-state index contributed by atoms with van der Waals surface area (Å²) in [5, 5.41) is 5.35. The second-order valence-corrected chi connectivity index (χ2v) is 7.52. The van der Waals surface area contributed by atoms with Crippen molar-refractivity contribution in [3.05, 3.63) is 53.6 Å². The number of amides is 3. The number of ether oxygens (including phenoxy) is 1. The zero-order chi connectivity index (χ0) is 22.2. The molecule has 8 nitrogen and oxygen atoms in total. The first kappa shape index (κ1) is 22.5. The SMILES string of the molecule is COC(=O)N1CCN(CCCc2cc(F)cc(NC(=O)Nc3ccc(C)nc3)c2)CC1. The molecule has 1 aromatic carbocycles. The van der Waals surface area contributed by atoms with Crippen LogP contribution in [0.4, 0.5) is 25.4 Å². The van der Waals surface area contributed by atoms with Crippen molar-refractivity contribution in [1.82, 2.24) is 14.8 Å². The van der Waals surface area contributed by atoms with E-state index in [1.54, 1.807) is 29.3 Å². The fourth-order valence-corrected chi connectivity index (χ4v) is 3.49. The lowest BCUT2D eigenvalue weighted by Gasteiger charge is -2.33. The van der Waals surface area contributed by atoms with Gasteiger partial charge in [-0.3, -0.25) is 9.88 Å². The van der Waals surface area contributed by atoms with E-state index in [0.29, 0.717) is 30.9 Å². The molecule has 1 aromatic heterocycles. The van der Waals surface area contributed by atoms with E-state index in [1.807, 2.05) is 6.92 Å². The molecule has 0 radical (unpaired) electrons. The van der Waals surface area contributed by atoms with Gasteiger partial charge in [-0.2, -0.15) is 0 Å². The summed E-state index contributed by atoms with van der Waals surface area (Å²) >= 11 is 0. The van der Waals surface area contributed by atoms with Gasteiger partial charge in [0.05, 0.1) is 19.0 Å². The molecule has 3 rings (SSSR count). The van der Waals surface area contributed by atoms with E-state index >= 15 is 0 Å². The van der Waals surface area contributed by atoms with Crippen LogP contribution in [0.25, 0.3) is 0 Å². The summed E-state index contributed by atoms with van der Waals surface area (Å²) in [6.45, 7) is 5.59. The molecular weight excluding hydrogens is 401 g/mol. The van der Waals surface area contributed by atoms with Crippen molar-refractivity contribution in [3.8, 4) is 0 Å². The third-order valence-electron chi connectivity index (χ3n) is 5.13. The number of anilines is 2. The molecule has 1 aliphatic rings. The van der Waals surface area contributed by atoms with Crippen LogP contribution in [0.5, 0.6) is 0 Å². The average molecular weight is 429 g/mol. The van der Waals surface area contributed by atoms with E-state index in [4.69, 9.17) is 4.74 Å². The minimum Gasteiger partial charge on any atom is -0.453 e. The molecular formula is C22H28FN5O3. The molecule has 166 valence electrons. The van der Waals surface area contributed by atoms with Gasteiger partial charge in [0.15, 0.2) is 0 Å². The van der Waals surface area contributed by atoms with E-state index in [0.717, 1.165) is 37.3 Å². The molecule has 0 unspecified atom stereocenters. The number of methoxy groups -OCH3 is 1. The van der Waals surface area contributed by atoms with Gasteiger partial charge in [0, 0.05) is 37.6 Å². The van der Waals surface area contributed by atoms with Crippen LogP contribution < -0.4 is 10.6 Å². The standard InChI is InChI=1S/C22H28FN5O3/c1-16-5-6-19(15-24-16)25-21(29)26-20-13-17(12-18(23)14-20)4-3-7-27-8-10-28(11-9-27)22(30)31-2/h5-6,12-15H,3-4,7-11H2,1-2H3,(H2,25,26,29). The molecule has 1 aliphatic heterocycles. The van der Waals surface area contributed by atoms with E-state index in [1.165, 1.54) is 19.2 Å². The number of hydrogen-bond acceptors (Lipinski definition) is 5. The first-order chi connectivity index (χ1) is 14.9. The summed E-state index contributed by atoms with van der Waals surface area (Å²) in [4.78, 5) is 31.8. The number of piperazine rings is 1. The van der Waals surface area contributed by atoms with Crippen LogP contribution in [0.1, 0.15) is 17.7 Å². The van der Waals surface area contributed by atoms with Crippen LogP contribution in [-0.4, -0.2) is 66.7 Å². The van der Waals surface area contributed by atoms with Gasteiger partial charge in [-0.1, -0.05) is 0 Å². The maximum Gasteiger partial charge on any atom is 0.409 e. The summed E-state index contributed by atoms with van der Waals surface area (Å²) in [7, 11) is 1.39. The number of halogens is 1. The third kappa shape index (κ3) is 6.92. The monoisotopic (exact) mass is 429 g/mol. The Hall–Kier alpha value is -3.20. The Morgan fingerprint density at radius 3 is 2.52 bits per heavy atom. The third-order valence-corrected chi connectivity index (χ3v) is 5.13. The molecule has 2 heterocycles. The molecule has 2 N–H and O–H groups in total. The Morgan fingerprint density at radius 2 is 1.84 bits per heavy atom. The zero-order valence-electron chi connectivity index (χ0n) is 17.9. The fraction of sp³-hybridized carbons (Fsp3) is 0.409. The molecule has 0 saturated carbocycles. The van der Waals surface area contributed by atoms with Crippen LogP contribution in [0.3, 0.4) is 0 Å². The number of hydrogen-bond donors (Lipinski definition) is 2. The van der Waals surface area contributed by atoms with Crippen molar-refractivity contribution < 1.29 is 18.7 Å². The largest absolute Gasteiger partial charge is 0.453 e. The van der Waals surface area contributed by atoms with E-state index in [-0.39, 0.29) is 6.09 Å². The highest BCUT2D eigenvalue weighted by Crippen LogP contribution is 2.17. The van der Waals surface area contributed by atoms with Gasteiger partial charge in [-0.25, -0.2) is 14.0 Å². The quantitative estimate of drug-likeness (QED) is 0.734. The van der Waals surface area contributed by atoms with Crippen molar-refractivity contribution in [3.63, 3.8) is 0 Å². The lowest BCUT2D eigenvalue weighted by Crippen LogP contribution is -2.48. The Labute approximate surface area is 181 Å². The highest BCUT2D eigenvalue weighted by Gasteiger charge is 2.20. The predicted molar refractivity (Wildman–Crippen MR) is 117 cm³/mol. The number of carbonyl (C=O) groups is 2. The average Bonchev–Trinajstić information content (AvgIpc) is 2.75. The summed E-state index contributed by atoms with van der Waals surface area (Å²) in [5.41, 5.74) is 2.64. The van der Waals surface area contributed by atoms with Crippen LogP contribution in [0.15, 0.2) is 36.5 Å². The van der Waals surface area contributed by atoms with Gasteiger partial charge in [0.25, 0.3) is 0 Å². The van der Waals surface area contributed by atoms with Crippen LogP contribution >= 0.6 is 0 Å². The highest BCUT2D eigenvalue weighted by atomic mass is 19.1. The highest BCUT2D eigenvalue weighted by molar-refractivity contribution is 5.99. The minimum atomic E-state index is -0.453. The Kier molecular flexibility index (Phi) is 7.77. The second kappa shape index (κ2) is 10.7. The maximum atomic E-state index is 14.0. The van der Waals surface area contributed by atoms with Crippen molar-refractivity contribution >= 4 is 23.5 Å². The Morgan fingerprint density at radius 1 is 1.10 bits per heavy atom. The van der Waals surface area contributed by atoms with Gasteiger partial charge in [0.2, 0.25) is 0 Å². The molecule has 0 aliphatic carbocycles. The number of benzene rings is 1. The molecule has 2 aromatic rings. The number of pyridine rings is 1. The smallest absolute Gasteiger partial charge is 0.409 e. The summed E-state index contributed by atoms with van der Waals surface area (Å²) < 4.78 is 18.8. The molecule has 0 atom stereocenters. The van der Waals surface area contributed by atoms with Gasteiger partial charge in [0.1, 0.15) is 5.82 Å². The van der Waals surface area contributed by atoms with Crippen LogP contribution in [0, 0.1) is 12.7 Å². The minimum absolute atomic E-state index is 0.290. The molecule has 31 heavy (non-hydrogen) atoms. The van der Waals surface area contributed by atoms with Gasteiger partial charge >= 0.3 is 12.1 Å². The first-order valence-electron chi connectivity index (χ1n) is 10.3. The van der Waals surface area contributed by atoms with Crippen LogP contribution in [0.2, 0.25) is 0 Å². The molecule has 9 heteroatoms. The summed E-state index contributed by atoms with van der Waals surface area (Å²) in [6, 6.07) is 7.66. The molecule has 1 fully saturated rings. The van der Waals surface area contributed by atoms with E-state index in [2.05, 4.69) is 20.5 Å². The summed E-state index contributed by atoms with van der Waals surface area (Å²) in [6.07, 6.45) is 2.81. The van der Waals surface area contributed by atoms with Gasteiger partial charge < -0.3 is 20.3 Å². The molecule has 3 amide bonds. The van der Waals surface area contributed by atoms with Crippen molar-refractivity contribution in [2.24, 2.45) is 0 Å². The van der Waals surface area contributed by atoms with Crippen molar-refractivity contribution in [1.29, 1.82) is 0 Å². The van der Waals surface area contributed by atoms with Gasteiger partial charge in [-0.05, 0) is 62.2 Å². The number of aryl methyl sites for hydroxylation is 2. The predicted octanol–water partition coefficient (Wildman–Crippen LogP) is 3.49. The second-order valence-electron chi connectivity index (χ2n) is 7.52. The first-order valence-corrected chi connectivity index (χ1v) is 10.3. The number of nitrogens with zero attached hydrogens (tertiary/aromatic N) is 3. The molecule has 1 saturated heterocycles. The molecule has 0 spiro atoms. The van der Waals surface area contributed by atoms with Crippen LogP contribution in [-0.2, 0) is 11.2 Å². The topological polar surface area (TPSA) is 86.8 Å². The Bertz CT molecular complexity index is 899. The molecule has 0 bridgehead atoms. The van der Waals surface area contributed by atoms with Crippen molar-refractivity contribution in [2.75, 3.05) is 50.5 Å². The fourth-order valence-electron chi connectivity index (χ4n) is 3.49. The normalized spacial score (nSPS) is 14.2. The maximum absolute atomic E-state index is 14.0. The number of aromatic nitrogens is 1. The lowest BCUT2D eigenvalue weighted by atomic mass is 10.1. The van der Waals surface area contributed by atoms with E-state index in [9.17, 15) is 14.0 Å². The van der Waals surface area contributed by atoms with Crippen molar-refractivity contribution in [2.45, 2.75) is 19.8 Å². The zero-order valence-corrected chi connectivity index (χ0v) is 17.9. The Balaban J connectivity index is 1.46. The number of nitrogens with one attached hydrogen (secondary N) is 2. The summed E-state index contributed by atoms with van der Waals surface area (Å²) in [5.74, 6) is -0.392. The lowest BCUT2D eigenvalue weighted by molar-refractivity contribution is 0.0907. The number of carbonyl (C=O) groups excluding carboxylic acids is 2. The number of rotatable bonds is 6. The van der Waals surface area contributed by atoms with E-state index < -0.39 is 11.8 Å². The van der Waals surface area contributed by atoms with Gasteiger partial charge in [-0.15, -0.1) is 0 Å². The number of urea groups is 1.